The Kier molecular flexibility index (Phi) is 4.31. The fourth-order valence-electron chi connectivity index (χ4n) is 2.09. The summed E-state index contributed by atoms with van der Waals surface area (Å²) in [6.45, 7) is 1.59. The van der Waals surface area contributed by atoms with Crippen LogP contribution in [0.3, 0.4) is 0 Å². The third-order valence-corrected chi connectivity index (χ3v) is 4.29. The largest absolute Gasteiger partial charge is 0.315 e. The monoisotopic (exact) mass is 272 g/mol. The summed E-state index contributed by atoms with van der Waals surface area (Å²) in [5, 5.41) is 3.14. The summed E-state index contributed by atoms with van der Waals surface area (Å²) >= 11 is 0. The van der Waals surface area contributed by atoms with Crippen molar-refractivity contribution in [3.63, 3.8) is 0 Å². The molecule has 1 aliphatic rings. The minimum atomic E-state index is -3.41. The van der Waals surface area contributed by atoms with Crippen molar-refractivity contribution in [2.45, 2.75) is 24.6 Å². The molecule has 1 aliphatic heterocycles. The van der Waals surface area contributed by atoms with Crippen LogP contribution in [0.2, 0.25) is 0 Å². The Bertz CT molecular complexity index is 499. The minimum Gasteiger partial charge on any atom is -0.315 e. The predicted molar refractivity (Wildman–Crippen MR) is 68.1 cm³/mol. The zero-order valence-corrected chi connectivity index (χ0v) is 10.8. The number of nitrogens with one attached hydrogen (secondary N) is 2. The van der Waals surface area contributed by atoms with E-state index in [1.54, 1.807) is 6.07 Å². The van der Waals surface area contributed by atoms with Gasteiger partial charge in [-0.15, -0.1) is 0 Å². The smallest absolute Gasteiger partial charge is 0.216 e. The fraction of sp³-hybridized carbons (Fsp3) is 0.500. The third-order valence-electron chi connectivity index (χ3n) is 2.89. The van der Waals surface area contributed by atoms with Gasteiger partial charge in [-0.05, 0) is 37.1 Å². The van der Waals surface area contributed by atoms with Crippen LogP contribution in [0.1, 0.15) is 18.4 Å². The van der Waals surface area contributed by atoms with Gasteiger partial charge in [0.1, 0.15) is 5.82 Å². The Morgan fingerprint density at radius 3 is 2.94 bits per heavy atom. The van der Waals surface area contributed by atoms with Crippen LogP contribution in [-0.2, 0) is 15.8 Å². The molecule has 0 spiro atoms. The lowest BCUT2D eigenvalue weighted by molar-refractivity contribution is 0.428. The van der Waals surface area contributed by atoms with E-state index in [9.17, 15) is 12.8 Å². The molecule has 6 heteroatoms. The van der Waals surface area contributed by atoms with Gasteiger partial charge in [0, 0.05) is 12.6 Å². The number of sulfonamides is 1. The molecule has 0 aromatic heterocycles. The molecule has 0 bridgehead atoms. The standard InChI is InChI=1S/C12H17FN2O2S/c13-11-4-1-3-10(7-11)9-18(16,17)15-12-5-2-6-14-8-12/h1,3-4,7,12,14-15H,2,5-6,8-9H2. The van der Waals surface area contributed by atoms with Crippen molar-refractivity contribution in [2.75, 3.05) is 13.1 Å². The maximum atomic E-state index is 13.0. The quantitative estimate of drug-likeness (QED) is 0.859. The Balaban J connectivity index is 1.98. The Morgan fingerprint density at radius 2 is 2.28 bits per heavy atom. The van der Waals surface area contributed by atoms with Gasteiger partial charge in [0.2, 0.25) is 10.0 Å². The summed E-state index contributed by atoms with van der Waals surface area (Å²) in [6, 6.07) is 5.62. The second-order valence-electron chi connectivity index (χ2n) is 4.55. The lowest BCUT2D eigenvalue weighted by Gasteiger charge is -2.23. The molecule has 1 fully saturated rings. The highest BCUT2D eigenvalue weighted by molar-refractivity contribution is 7.88. The van der Waals surface area contributed by atoms with Gasteiger partial charge in [0.05, 0.1) is 5.75 Å². The first-order valence-electron chi connectivity index (χ1n) is 6.00. The van der Waals surface area contributed by atoms with Crippen molar-refractivity contribution in [1.29, 1.82) is 0 Å². The summed E-state index contributed by atoms with van der Waals surface area (Å²) in [7, 11) is -3.41. The van der Waals surface area contributed by atoms with Crippen LogP contribution in [-0.4, -0.2) is 27.5 Å². The van der Waals surface area contributed by atoms with Crippen molar-refractivity contribution in [2.24, 2.45) is 0 Å². The van der Waals surface area contributed by atoms with E-state index in [-0.39, 0.29) is 11.8 Å². The number of piperidine rings is 1. The fourth-order valence-corrected chi connectivity index (χ4v) is 3.50. The van der Waals surface area contributed by atoms with E-state index >= 15 is 0 Å². The second kappa shape index (κ2) is 5.77. The van der Waals surface area contributed by atoms with Gasteiger partial charge in [-0.3, -0.25) is 0 Å². The first-order valence-corrected chi connectivity index (χ1v) is 7.65. The number of rotatable bonds is 4. The molecule has 2 rings (SSSR count). The molecule has 0 saturated carbocycles. The summed E-state index contributed by atoms with van der Waals surface area (Å²) in [6.07, 6.45) is 1.81. The molecule has 1 aromatic carbocycles. The van der Waals surface area contributed by atoms with Gasteiger partial charge < -0.3 is 5.32 Å². The van der Waals surface area contributed by atoms with E-state index in [0.29, 0.717) is 12.1 Å². The Morgan fingerprint density at radius 1 is 1.44 bits per heavy atom. The summed E-state index contributed by atoms with van der Waals surface area (Å²) in [5.74, 6) is -0.594. The lowest BCUT2D eigenvalue weighted by atomic mass is 10.1. The number of hydrogen-bond donors (Lipinski definition) is 2. The van der Waals surface area contributed by atoms with Crippen molar-refractivity contribution in [3.05, 3.63) is 35.6 Å². The minimum absolute atomic E-state index is 0.0580. The van der Waals surface area contributed by atoms with E-state index in [1.165, 1.54) is 18.2 Å². The maximum Gasteiger partial charge on any atom is 0.216 e. The molecule has 18 heavy (non-hydrogen) atoms. The van der Waals surface area contributed by atoms with Gasteiger partial charge in [0.25, 0.3) is 0 Å². The van der Waals surface area contributed by atoms with Crippen LogP contribution >= 0.6 is 0 Å². The van der Waals surface area contributed by atoms with E-state index in [4.69, 9.17) is 0 Å². The van der Waals surface area contributed by atoms with Crippen LogP contribution in [0.4, 0.5) is 4.39 Å². The van der Waals surface area contributed by atoms with Crippen LogP contribution in [0.15, 0.2) is 24.3 Å². The number of halogens is 1. The van der Waals surface area contributed by atoms with Crippen molar-refractivity contribution in [3.8, 4) is 0 Å². The summed E-state index contributed by atoms with van der Waals surface area (Å²) < 4.78 is 39.5. The lowest BCUT2D eigenvalue weighted by Crippen LogP contribution is -2.45. The second-order valence-corrected chi connectivity index (χ2v) is 6.30. The van der Waals surface area contributed by atoms with Gasteiger partial charge in [-0.1, -0.05) is 12.1 Å². The van der Waals surface area contributed by atoms with Crippen LogP contribution in [0.25, 0.3) is 0 Å². The molecule has 0 aliphatic carbocycles. The van der Waals surface area contributed by atoms with E-state index in [1.807, 2.05) is 0 Å². The van der Waals surface area contributed by atoms with E-state index in [2.05, 4.69) is 10.0 Å². The highest BCUT2D eigenvalue weighted by Gasteiger charge is 2.20. The maximum absolute atomic E-state index is 13.0. The molecule has 4 nitrogen and oxygen atoms in total. The molecule has 1 saturated heterocycles. The van der Waals surface area contributed by atoms with Gasteiger partial charge in [-0.25, -0.2) is 17.5 Å². The zero-order chi connectivity index (χ0) is 13.0. The van der Waals surface area contributed by atoms with Crippen LogP contribution in [0.5, 0.6) is 0 Å². The van der Waals surface area contributed by atoms with Gasteiger partial charge in [0.15, 0.2) is 0 Å². The first kappa shape index (κ1) is 13.5. The molecule has 0 amide bonds. The highest BCUT2D eigenvalue weighted by Crippen LogP contribution is 2.09. The van der Waals surface area contributed by atoms with Crippen LogP contribution in [0, 0.1) is 5.82 Å². The average molecular weight is 272 g/mol. The number of benzene rings is 1. The SMILES string of the molecule is O=S(=O)(Cc1cccc(F)c1)NC1CCCNC1. The van der Waals surface area contributed by atoms with Crippen molar-refractivity contribution >= 4 is 10.0 Å². The summed E-state index contributed by atoms with van der Waals surface area (Å²) in [5.41, 5.74) is 0.464. The number of hydrogen-bond acceptors (Lipinski definition) is 3. The van der Waals surface area contributed by atoms with Crippen LogP contribution < -0.4 is 10.0 Å². The van der Waals surface area contributed by atoms with Crippen molar-refractivity contribution < 1.29 is 12.8 Å². The normalized spacial score (nSPS) is 20.8. The third kappa shape index (κ3) is 4.04. The molecule has 1 aromatic rings. The molecular weight excluding hydrogens is 255 g/mol. The molecule has 0 radical (unpaired) electrons. The molecule has 2 N–H and O–H groups in total. The molecular formula is C12H17FN2O2S. The van der Waals surface area contributed by atoms with Gasteiger partial charge >= 0.3 is 0 Å². The Hall–Kier alpha value is -0.980. The van der Waals surface area contributed by atoms with Gasteiger partial charge in [-0.2, -0.15) is 0 Å². The molecule has 1 atom stereocenters. The summed E-state index contributed by atoms with van der Waals surface area (Å²) in [4.78, 5) is 0. The topological polar surface area (TPSA) is 58.2 Å². The molecule has 1 heterocycles. The van der Waals surface area contributed by atoms with E-state index in [0.717, 1.165) is 19.4 Å². The zero-order valence-electron chi connectivity index (χ0n) is 10.0. The Labute approximate surface area is 107 Å². The highest BCUT2D eigenvalue weighted by atomic mass is 32.2. The van der Waals surface area contributed by atoms with E-state index < -0.39 is 15.8 Å². The average Bonchev–Trinajstić information content (AvgIpc) is 2.28. The van der Waals surface area contributed by atoms with Crippen molar-refractivity contribution in [1.82, 2.24) is 10.0 Å². The molecule has 100 valence electrons. The first-order chi connectivity index (χ1) is 8.55. The molecule has 1 unspecified atom stereocenters. The predicted octanol–water partition coefficient (Wildman–Crippen LogP) is 0.997.